The highest BCUT2D eigenvalue weighted by molar-refractivity contribution is 5.91. The van der Waals surface area contributed by atoms with Gasteiger partial charge >= 0.3 is 5.97 Å². The zero-order valence-corrected chi connectivity index (χ0v) is 17.9. The Morgan fingerprint density at radius 1 is 1.21 bits per heavy atom. The summed E-state index contributed by atoms with van der Waals surface area (Å²) in [6.07, 6.45) is 0. The minimum absolute atomic E-state index is 0.0557. The first-order valence-corrected chi connectivity index (χ1v) is 10.4. The van der Waals surface area contributed by atoms with Gasteiger partial charge in [-0.25, -0.2) is 4.79 Å². The molecule has 4 rings (SSSR count). The van der Waals surface area contributed by atoms with Crippen molar-refractivity contribution in [3.05, 3.63) is 64.0 Å². The maximum Gasteiger partial charge on any atom is 0.338 e. The van der Waals surface area contributed by atoms with Crippen molar-refractivity contribution in [3.63, 3.8) is 0 Å². The summed E-state index contributed by atoms with van der Waals surface area (Å²) in [4.78, 5) is 29.7. The minimum Gasteiger partial charge on any atom is -0.493 e. The van der Waals surface area contributed by atoms with Crippen LogP contribution in [0.5, 0.6) is 5.75 Å². The van der Waals surface area contributed by atoms with Crippen molar-refractivity contribution in [2.45, 2.75) is 13.5 Å². The number of morpholine rings is 1. The van der Waals surface area contributed by atoms with Gasteiger partial charge in [-0.2, -0.15) is 4.98 Å². The van der Waals surface area contributed by atoms with Crippen LogP contribution in [0, 0.1) is 10.1 Å². The van der Waals surface area contributed by atoms with Gasteiger partial charge in [0.25, 0.3) is 11.6 Å². The van der Waals surface area contributed by atoms with Gasteiger partial charge in [-0.15, -0.1) is 0 Å². The summed E-state index contributed by atoms with van der Waals surface area (Å²) >= 11 is 0. The Labute approximate surface area is 189 Å². The van der Waals surface area contributed by atoms with Crippen LogP contribution in [0.15, 0.2) is 47.0 Å². The van der Waals surface area contributed by atoms with Gasteiger partial charge in [0.05, 0.1) is 35.9 Å². The molecule has 172 valence electrons. The van der Waals surface area contributed by atoms with Crippen LogP contribution in [0.4, 0.5) is 11.4 Å². The molecule has 1 aromatic heterocycles. The molecule has 0 N–H and O–H groups in total. The Hall–Kier alpha value is -3.99. The lowest BCUT2D eigenvalue weighted by Crippen LogP contribution is -2.36. The van der Waals surface area contributed by atoms with Gasteiger partial charge in [-0.05, 0) is 31.2 Å². The molecule has 0 bridgehead atoms. The van der Waals surface area contributed by atoms with Gasteiger partial charge < -0.3 is 23.6 Å². The van der Waals surface area contributed by atoms with Gasteiger partial charge in [-0.3, -0.25) is 10.1 Å². The molecule has 0 spiro atoms. The van der Waals surface area contributed by atoms with Crippen molar-refractivity contribution in [1.29, 1.82) is 0 Å². The molecule has 2 aromatic carbocycles. The molecule has 0 aliphatic carbocycles. The van der Waals surface area contributed by atoms with Gasteiger partial charge in [0.2, 0.25) is 5.82 Å². The first kappa shape index (κ1) is 22.2. The zero-order chi connectivity index (χ0) is 23.2. The Bertz CT molecular complexity index is 1140. The molecule has 33 heavy (non-hydrogen) atoms. The Kier molecular flexibility index (Phi) is 6.79. The SMILES string of the molecule is CCOc1ccccc1-c1noc(COC(=O)c2ccc(N3CCOCC3)c([N+](=O)[O-])c2)n1. The number of benzene rings is 2. The second kappa shape index (κ2) is 10.1. The molecule has 0 unspecified atom stereocenters. The third kappa shape index (κ3) is 5.09. The second-order valence-electron chi connectivity index (χ2n) is 7.08. The molecular formula is C22H22N4O7. The quantitative estimate of drug-likeness (QED) is 0.284. The number of hydrogen-bond acceptors (Lipinski definition) is 10. The van der Waals surface area contributed by atoms with E-state index in [1.54, 1.807) is 18.2 Å². The number of hydrogen-bond donors (Lipinski definition) is 0. The van der Waals surface area contributed by atoms with E-state index < -0.39 is 10.9 Å². The van der Waals surface area contributed by atoms with Crippen LogP contribution in [-0.4, -0.2) is 53.9 Å². The Morgan fingerprint density at radius 3 is 2.76 bits per heavy atom. The van der Waals surface area contributed by atoms with E-state index in [0.29, 0.717) is 55.7 Å². The van der Waals surface area contributed by atoms with E-state index in [1.807, 2.05) is 24.0 Å². The number of nitrogens with zero attached hydrogens (tertiary/aromatic N) is 4. The summed E-state index contributed by atoms with van der Waals surface area (Å²) in [7, 11) is 0. The van der Waals surface area contributed by atoms with Gasteiger partial charge in [0.15, 0.2) is 6.61 Å². The molecule has 0 saturated carbocycles. The largest absolute Gasteiger partial charge is 0.493 e. The smallest absolute Gasteiger partial charge is 0.338 e. The van der Waals surface area contributed by atoms with Crippen LogP contribution >= 0.6 is 0 Å². The average Bonchev–Trinajstić information content (AvgIpc) is 3.32. The summed E-state index contributed by atoms with van der Waals surface area (Å²) in [5.41, 5.74) is 0.975. The van der Waals surface area contributed by atoms with Crippen LogP contribution in [-0.2, 0) is 16.1 Å². The topological polar surface area (TPSA) is 130 Å². The number of ether oxygens (including phenoxy) is 3. The van der Waals surface area contributed by atoms with E-state index in [2.05, 4.69) is 10.1 Å². The molecule has 1 aliphatic heterocycles. The maximum absolute atomic E-state index is 12.5. The fourth-order valence-electron chi connectivity index (χ4n) is 3.43. The number of nitro groups is 1. The van der Waals surface area contributed by atoms with Crippen molar-refractivity contribution in [2.24, 2.45) is 0 Å². The van der Waals surface area contributed by atoms with E-state index in [4.69, 9.17) is 18.7 Å². The fourth-order valence-corrected chi connectivity index (χ4v) is 3.43. The molecule has 1 fully saturated rings. The summed E-state index contributed by atoms with van der Waals surface area (Å²) < 4.78 is 21.3. The lowest BCUT2D eigenvalue weighted by molar-refractivity contribution is -0.384. The normalized spacial score (nSPS) is 13.5. The summed E-state index contributed by atoms with van der Waals surface area (Å²) in [6, 6.07) is 11.5. The number of rotatable bonds is 8. The fraction of sp³-hybridized carbons (Fsp3) is 0.318. The Morgan fingerprint density at radius 2 is 2.00 bits per heavy atom. The minimum atomic E-state index is -0.735. The van der Waals surface area contributed by atoms with Crippen molar-refractivity contribution in [2.75, 3.05) is 37.8 Å². The standard InChI is InChI=1S/C22H22N4O7/c1-2-31-19-6-4-3-5-16(19)21-23-20(33-24-21)14-32-22(27)15-7-8-17(18(13-15)26(28)29)25-9-11-30-12-10-25/h3-8,13H,2,9-12,14H2,1H3. The molecule has 0 radical (unpaired) electrons. The average molecular weight is 454 g/mol. The van der Waals surface area contributed by atoms with Crippen molar-refractivity contribution in [1.82, 2.24) is 10.1 Å². The molecule has 3 aromatic rings. The summed E-state index contributed by atoms with van der Waals surface area (Å²) in [5.74, 6) is 0.262. The van der Waals surface area contributed by atoms with Gasteiger partial charge in [0.1, 0.15) is 11.4 Å². The predicted molar refractivity (Wildman–Crippen MR) is 116 cm³/mol. The number of para-hydroxylation sites is 1. The van der Waals surface area contributed by atoms with Crippen LogP contribution in [0.25, 0.3) is 11.4 Å². The van der Waals surface area contributed by atoms with E-state index >= 15 is 0 Å². The maximum atomic E-state index is 12.5. The van der Waals surface area contributed by atoms with E-state index in [0.717, 1.165) is 0 Å². The molecule has 0 amide bonds. The highest BCUT2D eigenvalue weighted by Gasteiger charge is 2.24. The highest BCUT2D eigenvalue weighted by atomic mass is 16.6. The number of aromatic nitrogens is 2. The monoisotopic (exact) mass is 454 g/mol. The van der Waals surface area contributed by atoms with Crippen molar-refractivity contribution >= 4 is 17.3 Å². The molecule has 1 aliphatic rings. The third-order valence-electron chi connectivity index (χ3n) is 4.98. The number of anilines is 1. The van der Waals surface area contributed by atoms with Gasteiger partial charge in [0, 0.05) is 19.2 Å². The predicted octanol–water partition coefficient (Wildman–Crippen LogP) is 3.24. The van der Waals surface area contributed by atoms with Crippen LogP contribution in [0.2, 0.25) is 0 Å². The van der Waals surface area contributed by atoms with Crippen LogP contribution in [0.1, 0.15) is 23.2 Å². The number of nitro benzene ring substituents is 1. The molecule has 1 saturated heterocycles. The third-order valence-corrected chi connectivity index (χ3v) is 4.98. The van der Waals surface area contributed by atoms with E-state index in [1.165, 1.54) is 12.1 Å². The van der Waals surface area contributed by atoms with Crippen LogP contribution < -0.4 is 9.64 Å². The highest BCUT2D eigenvalue weighted by Crippen LogP contribution is 2.30. The van der Waals surface area contributed by atoms with Crippen molar-refractivity contribution < 1.29 is 28.5 Å². The first-order valence-electron chi connectivity index (χ1n) is 10.4. The number of carbonyl (C=O) groups excluding carboxylic acids is 1. The molecule has 11 heteroatoms. The summed E-state index contributed by atoms with van der Waals surface area (Å²) in [6.45, 7) is 4.13. The first-order chi connectivity index (χ1) is 16.1. The molecule has 0 atom stereocenters. The van der Waals surface area contributed by atoms with E-state index in [9.17, 15) is 14.9 Å². The number of carbonyl (C=O) groups is 1. The zero-order valence-electron chi connectivity index (χ0n) is 17.9. The molecular weight excluding hydrogens is 432 g/mol. The molecule has 11 nitrogen and oxygen atoms in total. The molecule has 2 heterocycles. The lowest BCUT2D eigenvalue weighted by atomic mass is 10.1. The van der Waals surface area contributed by atoms with Crippen LogP contribution in [0.3, 0.4) is 0 Å². The number of esters is 1. The Balaban J connectivity index is 1.45. The second-order valence-corrected chi connectivity index (χ2v) is 7.08. The van der Waals surface area contributed by atoms with E-state index in [-0.39, 0.29) is 23.7 Å². The lowest BCUT2D eigenvalue weighted by Gasteiger charge is -2.28. The van der Waals surface area contributed by atoms with Crippen molar-refractivity contribution in [3.8, 4) is 17.1 Å². The summed E-state index contributed by atoms with van der Waals surface area (Å²) in [5, 5.41) is 15.5. The van der Waals surface area contributed by atoms with Gasteiger partial charge in [-0.1, -0.05) is 17.3 Å².